The van der Waals surface area contributed by atoms with Gasteiger partial charge in [0.2, 0.25) is 0 Å². The molecule has 8 heteroatoms. The molecule has 0 radical (unpaired) electrons. The third-order valence-corrected chi connectivity index (χ3v) is 4.79. The van der Waals surface area contributed by atoms with E-state index in [0.717, 1.165) is 18.3 Å². The molecular weight excluding hydrogens is 307 g/mol. The third kappa shape index (κ3) is 2.28. The number of anilines is 1. The van der Waals surface area contributed by atoms with Crippen LogP contribution in [0.3, 0.4) is 0 Å². The lowest BCUT2D eigenvalue weighted by Crippen LogP contribution is -2.55. The fourth-order valence-electron chi connectivity index (χ4n) is 3.51. The summed E-state index contributed by atoms with van der Waals surface area (Å²) in [6.45, 7) is 4.23. The summed E-state index contributed by atoms with van der Waals surface area (Å²) in [7, 11) is 0. The van der Waals surface area contributed by atoms with Crippen molar-refractivity contribution < 1.29 is 14.3 Å². The van der Waals surface area contributed by atoms with Gasteiger partial charge in [-0.25, -0.2) is 10.7 Å². The van der Waals surface area contributed by atoms with Crippen molar-refractivity contribution in [3.63, 3.8) is 0 Å². The van der Waals surface area contributed by atoms with Crippen molar-refractivity contribution in [2.75, 3.05) is 11.5 Å². The Morgan fingerprint density at radius 2 is 2.33 bits per heavy atom. The summed E-state index contributed by atoms with van der Waals surface area (Å²) < 4.78 is 11.8. The second-order valence-electron chi connectivity index (χ2n) is 6.75. The lowest BCUT2D eigenvalue weighted by Gasteiger charge is -2.41. The molecule has 3 heterocycles. The standard InChI is InChI=1S/C16H17BN4O3/c1-10-15(22)20-19-14-6-23-13-4-3-11(5-12(13)21(10)14)24-16(2)7-17(8-16)9-18/h3-5,10H,6-8H2,1-2H3,(H,20,22). The Labute approximate surface area is 140 Å². The summed E-state index contributed by atoms with van der Waals surface area (Å²) in [5.41, 5.74) is 2.97. The highest BCUT2D eigenvalue weighted by Gasteiger charge is 2.46. The first-order valence-corrected chi connectivity index (χ1v) is 8.00. The number of fused-ring (bicyclic) bond motifs is 3. The second kappa shape index (κ2) is 5.16. The number of hydrogen-bond acceptors (Lipinski definition) is 6. The van der Waals surface area contributed by atoms with Crippen molar-refractivity contribution in [1.82, 2.24) is 5.43 Å². The zero-order valence-electron chi connectivity index (χ0n) is 13.6. The minimum Gasteiger partial charge on any atom is -0.489 e. The molecule has 1 amide bonds. The first kappa shape index (κ1) is 14.9. The third-order valence-electron chi connectivity index (χ3n) is 4.79. The van der Waals surface area contributed by atoms with E-state index in [1.54, 1.807) is 0 Å². The molecule has 0 aromatic heterocycles. The molecule has 1 aromatic rings. The van der Waals surface area contributed by atoms with Crippen LogP contribution >= 0.6 is 0 Å². The molecule has 1 N–H and O–H groups in total. The van der Waals surface area contributed by atoms with Gasteiger partial charge in [0.1, 0.15) is 24.1 Å². The number of ether oxygens (including phenoxy) is 2. The van der Waals surface area contributed by atoms with Crippen molar-refractivity contribution in [3.8, 4) is 17.5 Å². The molecule has 1 fully saturated rings. The van der Waals surface area contributed by atoms with Gasteiger partial charge in [-0.05, 0) is 38.6 Å². The Hall–Kier alpha value is -2.69. The number of nitrogens with zero attached hydrogens (tertiary/aromatic N) is 3. The van der Waals surface area contributed by atoms with Crippen molar-refractivity contribution in [2.45, 2.75) is 38.1 Å². The molecule has 4 rings (SSSR count). The molecule has 1 unspecified atom stereocenters. The van der Waals surface area contributed by atoms with Crippen LogP contribution < -0.4 is 19.8 Å². The van der Waals surface area contributed by atoms with Crippen LogP contribution in [-0.4, -0.2) is 36.7 Å². The van der Waals surface area contributed by atoms with Crippen LogP contribution in [0.4, 0.5) is 5.69 Å². The van der Waals surface area contributed by atoms with Gasteiger partial charge in [-0.2, -0.15) is 5.10 Å². The monoisotopic (exact) mass is 324 g/mol. The maximum Gasteiger partial charge on any atom is 0.275 e. The van der Waals surface area contributed by atoms with Gasteiger partial charge in [-0.1, -0.05) is 0 Å². The highest BCUT2D eigenvalue weighted by atomic mass is 16.5. The fourth-order valence-corrected chi connectivity index (χ4v) is 3.51. The minimum atomic E-state index is -0.363. The molecule has 24 heavy (non-hydrogen) atoms. The lowest BCUT2D eigenvalue weighted by atomic mass is 9.31. The number of nitrogens with one attached hydrogen (secondary N) is 1. The van der Waals surface area contributed by atoms with E-state index in [9.17, 15) is 4.79 Å². The zero-order valence-corrected chi connectivity index (χ0v) is 13.6. The molecule has 0 spiro atoms. The first-order chi connectivity index (χ1) is 11.5. The van der Waals surface area contributed by atoms with E-state index in [1.165, 1.54) is 0 Å². The van der Waals surface area contributed by atoms with E-state index in [4.69, 9.17) is 14.7 Å². The van der Waals surface area contributed by atoms with Crippen LogP contribution in [-0.2, 0) is 4.79 Å². The van der Waals surface area contributed by atoms with Gasteiger partial charge < -0.3 is 14.4 Å². The van der Waals surface area contributed by atoms with E-state index in [0.29, 0.717) is 23.9 Å². The van der Waals surface area contributed by atoms with Crippen LogP contribution in [0.5, 0.6) is 11.5 Å². The minimum absolute atomic E-state index is 0.0699. The van der Waals surface area contributed by atoms with Gasteiger partial charge in [0.05, 0.1) is 11.3 Å². The first-order valence-electron chi connectivity index (χ1n) is 8.00. The number of amides is 1. The molecule has 3 aliphatic heterocycles. The van der Waals surface area contributed by atoms with Gasteiger partial charge >= 0.3 is 0 Å². The van der Waals surface area contributed by atoms with Gasteiger partial charge in [-0.3, -0.25) is 4.79 Å². The van der Waals surface area contributed by atoms with E-state index in [1.807, 2.05) is 36.9 Å². The maximum atomic E-state index is 11.9. The highest BCUT2D eigenvalue weighted by Crippen LogP contribution is 2.41. The predicted octanol–water partition coefficient (Wildman–Crippen LogP) is 1.43. The Morgan fingerprint density at radius 1 is 1.54 bits per heavy atom. The largest absolute Gasteiger partial charge is 0.489 e. The lowest BCUT2D eigenvalue weighted by molar-refractivity contribution is -0.122. The average molecular weight is 324 g/mol. The summed E-state index contributed by atoms with van der Waals surface area (Å²) in [4.78, 5) is 13.8. The molecule has 1 atom stereocenters. The maximum absolute atomic E-state index is 11.9. The Balaban J connectivity index is 1.63. The van der Waals surface area contributed by atoms with Crippen molar-refractivity contribution >= 4 is 24.1 Å². The van der Waals surface area contributed by atoms with Gasteiger partial charge in [0.25, 0.3) is 12.6 Å². The topological polar surface area (TPSA) is 87.0 Å². The zero-order chi connectivity index (χ0) is 16.9. The van der Waals surface area contributed by atoms with Gasteiger partial charge in [0.15, 0.2) is 5.84 Å². The molecule has 1 saturated heterocycles. The van der Waals surface area contributed by atoms with E-state index >= 15 is 0 Å². The predicted molar refractivity (Wildman–Crippen MR) is 89.5 cm³/mol. The van der Waals surface area contributed by atoms with E-state index in [2.05, 4.69) is 16.5 Å². The van der Waals surface area contributed by atoms with Crippen LogP contribution in [0.25, 0.3) is 0 Å². The molecule has 122 valence electrons. The fraction of sp³-hybridized carbons (Fsp3) is 0.438. The molecule has 0 bridgehead atoms. The normalized spacial score (nSPS) is 23.6. The van der Waals surface area contributed by atoms with E-state index in [-0.39, 0.29) is 24.3 Å². The summed E-state index contributed by atoms with van der Waals surface area (Å²) >= 11 is 0. The summed E-state index contributed by atoms with van der Waals surface area (Å²) in [6.07, 6.45) is 1.46. The number of carbonyl (C=O) groups is 1. The van der Waals surface area contributed by atoms with Crippen molar-refractivity contribution in [2.24, 2.45) is 5.10 Å². The van der Waals surface area contributed by atoms with Gasteiger partial charge in [0, 0.05) is 12.0 Å². The van der Waals surface area contributed by atoms with Crippen LogP contribution in [0, 0.1) is 11.2 Å². The number of carbonyl (C=O) groups excluding carboxylic acids is 1. The second-order valence-corrected chi connectivity index (χ2v) is 6.75. The van der Waals surface area contributed by atoms with Crippen LogP contribution in [0.15, 0.2) is 23.3 Å². The van der Waals surface area contributed by atoms with E-state index < -0.39 is 0 Å². The number of rotatable bonds is 2. The SMILES string of the molecule is CC1C(=O)NN=C2COc3ccc(OC4(C)CB(C#N)C4)cc3N21. The number of amidine groups is 1. The average Bonchev–Trinajstić information content (AvgIpc) is 2.55. The molecule has 1 aromatic carbocycles. The Kier molecular flexibility index (Phi) is 3.20. The van der Waals surface area contributed by atoms with Crippen LogP contribution in [0.2, 0.25) is 12.6 Å². The Morgan fingerprint density at radius 3 is 3.08 bits per heavy atom. The summed E-state index contributed by atoms with van der Waals surface area (Å²) in [6, 6.07) is 5.23. The number of benzene rings is 1. The number of nitriles is 1. The quantitative estimate of drug-likeness (QED) is 0.832. The molecular formula is C16H17BN4O3. The summed E-state index contributed by atoms with van der Waals surface area (Å²) in [5.74, 6) is 4.20. The molecule has 7 nitrogen and oxygen atoms in total. The number of hydrogen-bond donors (Lipinski definition) is 1. The molecule has 0 aliphatic carbocycles. The number of hydrazone groups is 1. The summed E-state index contributed by atoms with van der Waals surface area (Å²) in [5, 5.41) is 13.0. The molecule has 0 saturated carbocycles. The Bertz CT molecular complexity index is 782. The molecule has 3 aliphatic rings. The van der Waals surface area contributed by atoms with Crippen LogP contribution in [0.1, 0.15) is 13.8 Å². The smallest absolute Gasteiger partial charge is 0.275 e. The van der Waals surface area contributed by atoms with Crippen molar-refractivity contribution in [1.29, 1.82) is 5.26 Å². The highest BCUT2D eigenvalue weighted by molar-refractivity contribution is 6.70. The van der Waals surface area contributed by atoms with Gasteiger partial charge in [-0.15, -0.1) is 0 Å². The van der Waals surface area contributed by atoms with Crippen molar-refractivity contribution in [3.05, 3.63) is 18.2 Å².